The van der Waals surface area contributed by atoms with Crippen LogP contribution in [0.15, 0.2) is 43.4 Å². The number of halogens is 3. The zero-order valence-electron chi connectivity index (χ0n) is 31.6. The van der Waals surface area contributed by atoms with Crippen LogP contribution in [0, 0.1) is 17.5 Å². The summed E-state index contributed by atoms with van der Waals surface area (Å²) in [6.45, 7) is 10.4. The van der Waals surface area contributed by atoms with Crippen LogP contribution < -0.4 is 9.88 Å². The summed E-state index contributed by atoms with van der Waals surface area (Å²) in [6, 6.07) is 2.61. The second kappa shape index (κ2) is 16.0. The Labute approximate surface area is 314 Å². The molecule has 2 aliphatic rings. The second-order valence-electron chi connectivity index (χ2n) is 14.7. The molecule has 55 heavy (non-hydrogen) atoms. The number of alkyl carbamates (subject to hydrolysis) is 1. The van der Waals surface area contributed by atoms with Gasteiger partial charge in [0.05, 0.1) is 18.5 Å². The molecule has 2 saturated heterocycles. The smallest absolute Gasteiger partial charge is 0.412 e. The summed E-state index contributed by atoms with van der Waals surface area (Å²) in [5, 5.41) is 18.7. The van der Waals surface area contributed by atoms with Gasteiger partial charge in [-0.1, -0.05) is 13.0 Å². The Bertz CT molecular complexity index is 1880. The molecule has 20 heteroatoms. The van der Waals surface area contributed by atoms with Gasteiger partial charge in [-0.05, 0) is 40.7 Å². The minimum atomic E-state index is -2.22. The van der Waals surface area contributed by atoms with E-state index in [0.29, 0.717) is 6.07 Å². The number of aliphatic hydroxyl groups is 1. The van der Waals surface area contributed by atoms with E-state index in [-0.39, 0.29) is 17.9 Å². The fourth-order valence-electron chi connectivity index (χ4n) is 6.07. The average Bonchev–Trinajstić information content (AvgIpc) is 3.67. The minimum Gasteiger partial charge on any atom is -0.453 e. The van der Waals surface area contributed by atoms with Gasteiger partial charge < -0.3 is 38.4 Å². The Balaban J connectivity index is 1.28. The monoisotopic (exact) mass is 780 g/mol. The normalized spacial score (nSPS) is 22.8. The van der Waals surface area contributed by atoms with Crippen molar-refractivity contribution in [3.63, 3.8) is 0 Å². The lowest BCUT2D eigenvalue weighted by Crippen LogP contribution is -2.53. The Hall–Kier alpha value is -4.92. The van der Waals surface area contributed by atoms with Gasteiger partial charge in [-0.25, -0.2) is 32.7 Å². The Kier molecular flexibility index (Phi) is 12.0. The van der Waals surface area contributed by atoms with Crippen LogP contribution in [-0.4, -0.2) is 104 Å². The topological polar surface area (TPSA) is 190 Å². The summed E-state index contributed by atoms with van der Waals surface area (Å²) in [5.41, 5.74) is -3.57. The standard InChI is InChI=1S/C35H44F3N7O10/c1-19(27-24(38)12-39-16-40-27)35(49,22-10-9-21(36)11-23(22)37)15-45-18-44(17-41-45)20(2)51-31(47)42-30-29(28-25(52-30)14-50-34(6,7)54-28)53-26(46)13-43(8)32(48)55-33(3,4)5/h9-12,16-20,25,28-30,49H,13-15H2,1-8H3/p+1/t19-,20?,25+,28-,29+,30?,35+/m0/s1. The molecule has 2 amide bonds. The van der Waals surface area contributed by atoms with Crippen LogP contribution in [-0.2, 0) is 45.4 Å². The molecule has 2 unspecified atom stereocenters. The molecule has 0 spiro atoms. The maximum Gasteiger partial charge on any atom is 0.412 e. The number of nitrogens with zero attached hydrogens (tertiary/aromatic N) is 6. The molecule has 2 aromatic heterocycles. The highest BCUT2D eigenvalue weighted by molar-refractivity contribution is 5.78. The van der Waals surface area contributed by atoms with Crippen LogP contribution >= 0.6 is 0 Å². The summed E-state index contributed by atoms with van der Waals surface area (Å²) in [6.07, 6.45) is -2.28. The van der Waals surface area contributed by atoms with Crippen LogP contribution in [0.25, 0.3) is 0 Å². The van der Waals surface area contributed by atoms with Crippen molar-refractivity contribution < 1.29 is 65.6 Å². The van der Waals surface area contributed by atoms with Crippen LogP contribution in [0.2, 0.25) is 0 Å². The zero-order valence-corrected chi connectivity index (χ0v) is 31.6. The van der Waals surface area contributed by atoms with Crippen LogP contribution in [0.3, 0.4) is 0 Å². The molecule has 300 valence electrons. The summed E-state index contributed by atoms with van der Waals surface area (Å²) in [7, 11) is 1.37. The summed E-state index contributed by atoms with van der Waals surface area (Å²) in [4.78, 5) is 47.3. The van der Waals surface area contributed by atoms with Crippen molar-refractivity contribution in [2.45, 2.75) is 109 Å². The van der Waals surface area contributed by atoms with E-state index >= 15 is 4.39 Å². The van der Waals surface area contributed by atoms with Crippen molar-refractivity contribution in [3.8, 4) is 0 Å². The highest BCUT2D eigenvalue weighted by Gasteiger charge is 2.54. The van der Waals surface area contributed by atoms with Crippen molar-refractivity contribution in [1.29, 1.82) is 0 Å². The van der Waals surface area contributed by atoms with Gasteiger partial charge in [-0.3, -0.25) is 10.1 Å². The molecule has 0 radical (unpaired) electrons. The first-order chi connectivity index (χ1) is 25.7. The SMILES string of the molecule is CC(OC(=O)NC1O[C@@H]2COC(C)(C)O[C@@H]2[C@H]1OC(=O)CN(C)C(=O)OC(C)(C)C)[n+]1cnn(C[C@](O)(c2ccc(F)cc2F)[C@@H](C)c2ncncc2F)c1. The fraction of sp³-hybridized carbons (Fsp3) is 0.571. The van der Waals surface area contributed by atoms with Gasteiger partial charge in [0, 0.05) is 36.6 Å². The number of carbonyl (C=O) groups is 3. The van der Waals surface area contributed by atoms with Crippen LogP contribution in [0.4, 0.5) is 22.8 Å². The number of hydrogen-bond donors (Lipinski definition) is 2. The quantitative estimate of drug-likeness (QED) is 0.164. The number of rotatable bonds is 11. The van der Waals surface area contributed by atoms with E-state index in [1.165, 1.54) is 42.8 Å². The second-order valence-corrected chi connectivity index (χ2v) is 14.7. The van der Waals surface area contributed by atoms with Crippen molar-refractivity contribution >= 4 is 18.2 Å². The predicted molar refractivity (Wildman–Crippen MR) is 180 cm³/mol. The van der Waals surface area contributed by atoms with E-state index in [2.05, 4.69) is 20.4 Å². The molecular weight excluding hydrogens is 735 g/mol. The lowest BCUT2D eigenvalue weighted by molar-refractivity contribution is -0.753. The maximum atomic E-state index is 15.1. The maximum absolute atomic E-state index is 15.1. The van der Waals surface area contributed by atoms with E-state index in [4.69, 9.17) is 28.4 Å². The number of hydrogen-bond acceptors (Lipinski definition) is 13. The Morgan fingerprint density at radius 3 is 2.58 bits per heavy atom. The van der Waals surface area contributed by atoms with E-state index < -0.39 is 102 Å². The summed E-state index contributed by atoms with van der Waals surface area (Å²) in [5.74, 6) is -5.90. The van der Waals surface area contributed by atoms with Gasteiger partial charge in [-0.2, -0.15) is 4.57 Å². The van der Waals surface area contributed by atoms with Crippen molar-refractivity contribution in [3.05, 3.63) is 72.1 Å². The molecule has 0 saturated carbocycles. The molecule has 17 nitrogen and oxygen atoms in total. The molecule has 3 aromatic rings. The molecule has 4 heterocycles. The predicted octanol–water partition coefficient (Wildman–Crippen LogP) is 2.97. The lowest BCUT2D eigenvalue weighted by atomic mass is 9.79. The van der Waals surface area contributed by atoms with Crippen LogP contribution in [0.1, 0.15) is 71.9 Å². The van der Waals surface area contributed by atoms with Crippen molar-refractivity contribution in [2.75, 3.05) is 20.2 Å². The van der Waals surface area contributed by atoms with Gasteiger partial charge in [0.15, 0.2) is 23.9 Å². The first-order valence-corrected chi connectivity index (χ1v) is 17.3. The number of fused-ring (bicyclic) bond motifs is 1. The number of likely N-dealkylation sites (N-methyl/N-ethyl adjacent to an activating group) is 1. The molecular formula is C35H45F3N7O10+. The van der Waals surface area contributed by atoms with Crippen molar-refractivity contribution in [1.82, 2.24) is 30.0 Å². The minimum absolute atomic E-state index is 0.0544. The molecule has 7 atom stereocenters. The Morgan fingerprint density at radius 1 is 1.18 bits per heavy atom. The first-order valence-electron chi connectivity index (χ1n) is 17.3. The lowest BCUT2D eigenvalue weighted by Gasteiger charge is -2.38. The number of nitrogens with one attached hydrogen (secondary N) is 1. The molecule has 0 aliphatic carbocycles. The molecule has 0 bridgehead atoms. The number of amides is 2. The summed E-state index contributed by atoms with van der Waals surface area (Å²) < 4.78 is 80.5. The third kappa shape index (κ3) is 9.85. The fourth-order valence-corrected chi connectivity index (χ4v) is 6.07. The van der Waals surface area contributed by atoms with Gasteiger partial charge in [0.25, 0.3) is 6.33 Å². The zero-order chi connectivity index (χ0) is 40.5. The molecule has 2 N–H and O–H groups in total. The molecule has 5 rings (SSSR count). The average molecular weight is 781 g/mol. The molecule has 1 aromatic carbocycles. The first kappa shape index (κ1) is 41.2. The van der Waals surface area contributed by atoms with Crippen LogP contribution in [0.5, 0.6) is 0 Å². The van der Waals surface area contributed by atoms with Gasteiger partial charge in [0.1, 0.15) is 54.5 Å². The molecule has 2 fully saturated rings. The Morgan fingerprint density at radius 2 is 1.91 bits per heavy atom. The van der Waals surface area contributed by atoms with Gasteiger partial charge in [0.2, 0.25) is 12.6 Å². The largest absolute Gasteiger partial charge is 0.453 e. The van der Waals surface area contributed by atoms with Gasteiger partial charge >= 0.3 is 18.2 Å². The third-order valence-corrected chi connectivity index (χ3v) is 8.84. The van der Waals surface area contributed by atoms with Crippen molar-refractivity contribution in [2.24, 2.45) is 0 Å². The number of aromatic nitrogens is 5. The highest BCUT2D eigenvalue weighted by atomic mass is 19.1. The third-order valence-electron chi connectivity index (χ3n) is 8.84. The van der Waals surface area contributed by atoms with E-state index in [1.54, 1.807) is 34.6 Å². The number of benzene rings is 1. The van der Waals surface area contributed by atoms with E-state index in [1.807, 2.05) is 0 Å². The highest BCUT2D eigenvalue weighted by Crippen LogP contribution is 2.40. The number of ether oxygens (including phenoxy) is 6. The molecule has 2 aliphatic heterocycles. The number of carbonyl (C=O) groups excluding carboxylic acids is 3. The number of esters is 1. The summed E-state index contributed by atoms with van der Waals surface area (Å²) >= 11 is 0. The van der Waals surface area contributed by atoms with Gasteiger partial charge in [-0.15, -0.1) is 4.68 Å². The van der Waals surface area contributed by atoms with E-state index in [9.17, 15) is 28.3 Å². The van der Waals surface area contributed by atoms with E-state index in [0.717, 1.165) is 29.6 Å².